The Kier molecular flexibility index (Phi) is 6.28. The van der Waals surface area contributed by atoms with Crippen LogP contribution in [0.4, 0.5) is 0 Å². The van der Waals surface area contributed by atoms with E-state index in [1.54, 1.807) is 13.8 Å². The number of rotatable bonds is 9. The number of ether oxygens (including phenoxy) is 3. The van der Waals surface area contributed by atoms with Crippen LogP contribution >= 0.6 is 0 Å². The maximum Gasteiger partial charge on any atom is 0.323 e. The third kappa shape index (κ3) is 3.69. The quantitative estimate of drug-likeness (QED) is 0.364. The van der Waals surface area contributed by atoms with Gasteiger partial charge in [0.2, 0.25) is 0 Å². The zero-order valence-electron chi connectivity index (χ0n) is 12.1. The average Bonchev–Trinajstić information content (AvgIpc) is 3.11. The van der Waals surface area contributed by atoms with Gasteiger partial charge in [-0.25, -0.2) is 0 Å². The number of hydrogen-bond donors (Lipinski definition) is 0. The maximum absolute atomic E-state index is 12.0. The molecule has 1 saturated carbocycles. The minimum absolute atomic E-state index is 0.109. The summed E-state index contributed by atoms with van der Waals surface area (Å²) in [6, 6.07) is 0. The minimum atomic E-state index is -1.11. The summed E-state index contributed by atoms with van der Waals surface area (Å²) in [5.74, 6) is -1.06. The van der Waals surface area contributed by atoms with Gasteiger partial charge in [-0.1, -0.05) is 13.3 Å². The van der Waals surface area contributed by atoms with Crippen molar-refractivity contribution in [2.45, 2.75) is 40.0 Å². The van der Waals surface area contributed by atoms with E-state index in [-0.39, 0.29) is 19.1 Å². The number of carbonyl (C=O) groups is 2. The second-order valence-corrected chi connectivity index (χ2v) is 4.74. The van der Waals surface area contributed by atoms with Crippen LogP contribution < -0.4 is 0 Å². The summed E-state index contributed by atoms with van der Waals surface area (Å²) >= 11 is 0. The molecule has 0 saturated heterocycles. The largest absolute Gasteiger partial charge is 0.465 e. The summed E-state index contributed by atoms with van der Waals surface area (Å²) in [4.78, 5) is 23.9. The maximum atomic E-state index is 12.0. The van der Waals surface area contributed by atoms with Crippen LogP contribution in [0.3, 0.4) is 0 Å². The van der Waals surface area contributed by atoms with Gasteiger partial charge < -0.3 is 14.2 Å². The molecular weight excluding hydrogens is 248 g/mol. The molecule has 0 heterocycles. The Morgan fingerprint density at radius 1 is 1.11 bits per heavy atom. The van der Waals surface area contributed by atoms with Crippen LogP contribution in [0.25, 0.3) is 0 Å². The van der Waals surface area contributed by atoms with E-state index in [2.05, 4.69) is 6.92 Å². The molecule has 0 radical (unpaired) electrons. The second kappa shape index (κ2) is 7.48. The molecule has 0 amide bonds. The fourth-order valence-corrected chi connectivity index (χ4v) is 2.11. The molecule has 0 N–H and O–H groups in total. The number of carbonyl (C=O) groups excluding carboxylic acids is 2. The highest BCUT2D eigenvalue weighted by atomic mass is 16.6. The monoisotopic (exact) mass is 272 g/mol. The van der Waals surface area contributed by atoms with Crippen molar-refractivity contribution in [1.29, 1.82) is 0 Å². The minimum Gasteiger partial charge on any atom is -0.465 e. The van der Waals surface area contributed by atoms with Crippen molar-refractivity contribution in [2.24, 2.45) is 11.3 Å². The van der Waals surface area contributed by atoms with E-state index in [9.17, 15) is 9.59 Å². The molecule has 1 fully saturated rings. The standard InChI is InChI=1S/C14H24O5/c1-4-7-8-17-10-11-9-14(11,12(15)18-5-2)13(16)19-6-3/h11H,4-10H2,1-3H3/t11-/m1/s1. The van der Waals surface area contributed by atoms with Gasteiger partial charge in [0.25, 0.3) is 0 Å². The fraction of sp³-hybridized carbons (Fsp3) is 0.857. The molecule has 0 bridgehead atoms. The van der Waals surface area contributed by atoms with Gasteiger partial charge in [0.05, 0.1) is 19.8 Å². The van der Waals surface area contributed by atoms with Crippen molar-refractivity contribution in [1.82, 2.24) is 0 Å². The first-order valence-electron chi connectivity index (χ1n) is 7.05. The Labute approximate surface area is 114 Å². The lowest BCUT2D eigenvalue weighted by Gasteiger charge is -2.14. The van der Waals surface area contributed by atoms with Crippen molar-refractivity contribution >= 4 is 11.9 Å². The predicted octanol–water partition coefficient (Wildman–Crippen LogP) is 1.94. The van der Waals surface area contributed by atoms with Crippen molar-refractivity contribution in [3.63, 3.8) is 0 Å². The first-order valence-corrected chi connectivity index (χ1v) is 7.05. The molecule has 1 atom stereocenters. The zero-order valence-corrected chi connectivity index (χ0v) is 12.1. The fourth-order valence-electron chi connectivity index (χ4n) is 2.11. The molecule has 0 aromatic heterocycles. The Bertz CT molecular complexity index is 295. The summed E-state index contributed by atoms with van der Waals surface area (Å²) in [5, 5.41) is 0. The molecular formula is C14H24O5. The Hall–Kier alpha value is -1.10. The first kappa shape index (κ1) is 16.0. The first-order chi connectivity index (χ1) is 9.13. The van der Waals surface area contributed by atoms with Crippen LogP contribution in [-0.2, 0) is 23.8 Å². The molecule has 0 aromatic rings. The molecule has 110 valence electrons. The molecule has 5 heteroatoms. The van der Waals surface area contributed by atoms with Crippen LogP contribution in [0, 0.1) is 11.3 Å². The van der Waals surface area contributed by atoms with Crippen LogP contribution in [0.5, 0.6) is 0 Å². The third-order valence-corrected chi connectivity index (χ3v) is 3.35. The van der Waals surface area contributed by atoms with Crippen molar-refractivity contribution < 1.29 is 23.8 Å². The lowest BCUT2D eigenvalue weighted by atomic mass is 10.0. The molecule has 0 aliphatic heterocycles. The molecule has 1 aliphatic rings. The molecule has 0 aromatic carbocycles. The van der Waals surface area contributed by atoms with E-state index in [0.717, 1.165) is 12.8 Å². The van der Waals surface area contributed by atoms with E-state index in [4.69, 9.17) is 14.2 Å². The van der Waals surface area contributed by atoms with Gasteiger partial charge in [-0.2, -0.15) is 0 Å². The zero-order chi connectivity index (χ0) is 14.3. The van der Waals surface area contributed by atoms with Gasteiger partial charge in [-0.15, -0.1) is 0 Å². The average molecular weight is 272 g/mol. The molecule has 5 nitrogen and oxygen atoms in total. The highest BCUT2D eigenvalue weighted by Crippen LogP contribution is 2.54. The summed E-state index contributed by atoms with van der Waals surface area (Å²) < 4.78 is 15.5. The lowest BCUT2D eigenvalue weighted by Crippen LogP contribution is -2.32. The molecule has 1 aliphatic carbocycles. The van der Waals surface area contributed by atoms with Gasteiger partial charge in [0, 0.05) is 12.5 Å². The van der Waals surface area contributed by atoms with Crippen LogP contribution in [0.2, 0.25) is 0 Å². The van der Waals surface area contributed by atoms with Crippen LogP contribution in [0.1, 0.15) is 40.0 Å². The predicted molar refractivity (Wildman–Crippen MR) is 69.5 cm³/mol. The highest BCUT2D eigenvalue weighted by Gasteiger charge is 2.68. The number of esters is 2. The van der Waals surface area contributed by atoms with Gasteiger partial charge in [0.1, 0.15) is 0 Å². The van der Waals surface area contributed by atoms with Crippen molar-refractivity contribution in [3.8, 4) is 0 Å². The van der Waals surface area contributed by atoms with E-state index in [1.807, 2.05) is 0 Å². The number of unbranched alkanes of at least 4 members (excludes halogenated alkanes) is 1. The Morgan fingerprint density at radius 3 is 2.16 bits per heavy atom. The smallest absolute Gasteiger partial charge is 0.323 e. The molecule has 0 spiro atoms. The number of hydrogen-bond acceptors (Lipinski definition) is 5. The molecule has 19 heavy (non-hydrogen) atoms. The Balaban J connectivity index is 2.55. The lowest BCUT2D eigenvalue weighted by molar-refractivity contribution is -0.165. The summed E-state index contributed by atoms with van der Waals surface area (Å²) in [6.07, 6.45) is 2.51. The van der Waals surface area contributed by atoms with Gasteiger partial charge in [-0.3, -0.25) is 9.59 Å². The van der Waals surface area contributed by atoms with E-state index < -0.39 is 17.4 Å². The summed E-state index contributed by atoms with van der Waals surface area (Å²) in [7, 11) is 0. The van der Waals surface area contributed by atoms with Crippen molar-refractivity contribution in [2.75, 3.05) is 26.4 Å². The van der Waals surface area contributed by atoms with Gasteiger partial charge >= 0.3 is 11.9 Å². The normalized spacial score (nSPS) is 19.8. The molecule has 0 unspecified atom stereocenters. The van der Waals surface area contributed by atoms with Crippen LogP contribution in [-0.4, -0.2) is 38.4 Å². The van der Waals surface area contributed by atoms with E-state index in [1.165, 1.54) is 0 Å². The summed E-state index contributed by atoms with van der Waals surface area (Å²) in [6.45, 7) is 7.15. The van der Waals surface area contributed by atoms with Crippen molar-refractivity contribution in [3.05, 3.63) is 0 Å². The van der Waals surface area contributed by atoms with Gasteiger partial charge in [0.15, 0.2) is 5.41 Å². The van der Waals surface area contributed by atoms with Crippen LogP contribution in [0.15, 0.2) is 0 Å². The second-order valence-electron chi connectivity index (χ2n) is 4.74. The topological polar surface area (TPSA) is 61.8 Å². The van der Waals surface area contributed by atoms with Gasteiger partial charge in [-0.05, 0) is 26.7 Å². The van der Waals surface area contributed by atoms with E-state index >= 15 is 0 Å². The Morgan fingerprint density at radius 2 is 1.68 bits per heavy atom. The SMILES string of the molecule is CCCCOC[C@H]1CC1(C(=O)OCC)C(=O)OCC. The molecule has 1 rings (SSSR count). The highest BCUT2D eigenvalue weighted by molar-refractivity contribution is 6.03. The van der Waals surface area contributed by atoms with E-state index in [0.29, 0.717) is 19.6 Å². The summed E-state index contributed by atoms with van der Waals surface area (Å²) in [5.41, 5.74) is -1.11. The third-order valence-electron chi connectivity index (χ3n) is 3.35.